The third-order valence-electron chi connectivity index (χ3n) is 13.4. The molecule has 0 N–H and O–H groups in total. The summed E-state index contributed by atoms with van der Waals surface area (Å²) in [5.41, 5.74) is 15.4. The fraction of sp³-hybridized carbons (Fsp3) is 0.0164. The molecule has 1 aliphatic carbocycles. The van der Waals surface area contributed by atoms with Gasteiger partial charge in [0.25, 0.3) is 0 Å². The van der Waals surface area contributed by atoms with E-state index in [2.05, 4.69) is 241 Å². The van der Waals surface area contributed by atoms with Crippen LogP contribution in [0.2, 0.25) is 0 Å². The second kappa shape index (κ2) is 14.8. The molecule has 64 heavy (non-hydrogen) atoms. The summed E-state index contributed by atoms with van der Waals surface area (Å²) in [6, 6.07) is 87.8. The predicted molar refractivity (Wildman–Crippen MR) is 275 cm³/mol. The van der Waals surface area contributed by atoms with Crippen molar-refractivity contribution in [1.29, 1.82) is 0 Å². The molecule has 1 aliphatic rings. The Hall–Kier alpha value is -7.56. The lowest BCUT2D eigenvalue weighted by atomic mass is 9.68. The second-order valence-corrected chi connectivity index (χ2v) is 18.9. The molecule has 0 aliphatic heterocycles. The Kier molecular flexibility index (Phi) is 8.55. The maximum absolute atomic E-state index is 2.45. The van der Waals surface area contributed by atoms with Gasteiger partial charge in [0.05, 0.1) is 5.41 Å². The maximum Gasteiger partial charge on any atom is 0.0713 e. The summed E-state index contributed by atoms with van der Waals surface area (Å²) in [5, 5.41) is 5.26. The quantitative estimate of drug-likeness (QED) is 0.154. The molecule has 13 rings (SSSR count). The minimum absolute atomic E-state index is 0.461. The molecule has 0 spiro atoms. The summed E-state index contributed by atoms with van der Waals surface area (Å²) in [5.74, 6) is 0. The molecule has 1 nitrogen and oxygen atoms in total. The molecule has 0 radical (unpaired) electrons. The number of benzene rings is 10. The molecule has 0 amide bonds. The Morgan fingerprint density at radius 3 is 1.64 bits per heavy atom. The standard InChI is InChI=1S/C61H39NS2/c1-3-16-43(17-4-1)61(44-18-5-2-6-19-44)55-26-10-7-21-49(55)53-39-47(34-35-56(53)61)62(45-32-29-40(30-33-45)41-31-36-59-54(38-41)51-23-9-11-27-57(51)63-59)46-20-13-15-42(37-46)48-24-14-25-52-50-22-8-12-28-58(50)64-60(48)52/h1-39H. The minimum Gasteiger partial charge on any atom is -0.310 e. The van der Waals surface area contributed by atoms with Crippen molar-refractivity contribution in [2.45, 2.75) is 5.41 Å². The van der Waals surface area contributed by atoms with Gasteiger partial charge in [-0.1, -0.05) is 176 Å². The van der Waals surface area contributed by atoms with E-state index in [-0.39, 0.29) is 0 Å². The van der Waals surface area contributed by atoms with E-state index >= 15 is 0 Å². The molecule has 2 heterocycles. The van der Waals surface area contributed by atoms with Crippen LogP contribution < -0.4 is 4.90 Å². The molecule has 12 aromatic rings. The van der Waals surface area contributed by atoms with Crippen molar-refractivity contribution in [3.63, 3.8) is 0 Å². The van der Waals surface area contributed by atoms with E-state index in [1.165, 1.54) is 96.0 Å². The fourth-order valence-electron chi connectivity index (χ4n) is 10.5. The summed E-state index contributed by atoms with van der Waals surface area (Å²) in [4.78, 5) is 2.45. The van der Waals surface area contributed by atoms with Crippen molar-refractivity contribution in [1.82, 2.24) is 0 Å². The third-order valence-corrected chi connectivity index (χ3v) is 15.7. The van der Waals surface area contributed by atoms with Gasteiger partial charge in [-0.05, 0) is 116 Å². The number of hydrogen-bond donors (Lipinski definition) is 0. The van der Waals surface area contributed by atoms with Crippen molar-refractivity contribution < 1.29 is 0 Å². The first-order valence-corrected chi connectivity index (χ1v) is 23.5. The van der Waals surface area contributed by atoms with E-state index in [9.17, 15) is 0 Å². The first-order chi connectivity index (χ1) is 31.7. The van der Waals surface area contributed by atoms with E-state index in [1.54, 1.807) is 0 Å². The lowest BCUT2D eigenvalue weighted by molar-refractivity contribution is 0.768. The number of fused-ring (bicyclic) bond motifs is 9. The van der Waals surface area contributed by atoms with Crippen LogP contribution in [0.5, 0.6) is 0 Å². The molecule has 0 saturated heterocycles. The van der Waals surface area contributed by atoms with Gasteiger partial charge in [-0.25, -0.2) is 0 Å². The van der Waals surface area contributed by atoms with Crippen molar-refractivity contribution in [3.05, 3.63) is 259 Å². The van der Waals surface area contributed by atoms with Crippen LogP contribution in [0.1, 0.15) is 22.3 Å². The van der Waals surface area contributed by atoms with Gasteiger partial charge in [-0.15, -0.1) is 22.7 Å². The highest BCUT2D eigenvalue weighted by Crippen LogP contribution is 2.57. The van der Waals surface area contributed by atoms with Crippen molar-refractivity contribution in [2.75, 3.05) is 4.90 Å². The van der Waals surface area contributed by atoms with Crippen LogP contribution in [-0.2, 0) is 5.41 Å². The first-order valence-electron chi connectivity index (χ1n) is 21.9. The van der Waals surface area contributed by atoms with Crippen LogP contribution in [-0.4, -0.2) is 0 Å². The molecule has 10 aromatic carbocycles. The third kappa shape index (κ3) is 5.68. The number of hydrogen-bond acceptors (Lipinski definition) is 3. The van der Waals surface area contributed by atoms with Crippen molar-refractivity contribution in [2.24, 2.45) is 0 Å². The Morgan fingerprint density at radius 2 is 0.859 bits per heavy atom. The number of nitrogens with zero attached hydrogens (tertiary/aromatic N) is 1. The van der Waals surface area contributed by atoms with Gasteiger partial charge in [0.15, 0.2) is 0 Å². The van der Waals surface area contributed by atoms with E-state index < -0.39 is 5.41 Å². The normalized spacial score (nSPS) is 12.8. The fourth-order valence-corrected chi connectivity index (χ4v) is 12.8. The zero-order valence-corrected chi connectivity index (χ0v) is 36.4. The lowest BCUT2D eigenvalue weighted by Gasteiger charge is -2.34. The van der Waals surface area contributed by atoms with Crippen LogP contribution in [0.3, 0.4) is 0 Å². The van der Waals surface area contributed by atoms with Gasteiger partial charge in [0, 0.05) is 57.4 Å². The molecule has 2 aromatic heterocycles. The summed E-state index contributed by atoms with van der Waals surface area (Å²) in [7, 11) is 0. The van der Waals surface area contributed by atoms with Gasteiger partial charge in [-0.2, -0.15) is 0 Å². The van der Waals surface area contributed by atoms with Crippen LogP contribution in [0.25, 0.3) is 73.7 Å². The van der Waals surface area contributed by atoms with Gasteiger partial charge in [-0.3, -0.25) is 0 Å². The van der Waals surface area contributed by atoms with Gasteiger partial charge in [0.1, 0.15) is 0 Å². The minimum atomic E-state index is -0.461. The Bertz CT molecular complexity index is 3690. The van der Waals surface area contributed by atoms with Crippen LogP contribution in [0, 0.1) is 0 Å². The van der Waals surface area contributed by atoms with E-state index in [0.717, 1.165) is 17.1 Å². The average Bonchev–Trinajstić information content (AvgIpc) is 4.03. The van der Waals surface area contributed by atoms with Gasteiger partial charge in [0.2, 0.25) is 0 Å². The SMILES string of the molecule is c1ccc(C2(c3ccccc3)c3ccccc3-c3cc(N(c4ccc(-c5ccc6sc7ccccc7c6c5)cc4)c4cccc(-c5cccc6c5sc5ccccc56)c4)ccc32)cc1. The van der Waals surface area contributed by atoms with Gasteiger partial charge >= 0.3 is 0 Å². The number of thiophene rings is 2. The topological polar surface area (TPSA) is 3.24 Å². The highest BCUT2D eigenvalue weighted by atomic mass is 32.1. The summed E-state index contributed by atoms with van der Waals surface area (Å²) in [6.07, 6.45) is 0. The Balaban J connectivity index is 0.996. The Morgan fingerprint density at radius 1 is 0.297 bits per heavy atom. The molecule has 300 valence electrons. The highest BCUT2D eigenvalue weighted by Gasteiger charge is 2.46. The van der Waals surface area contributed by atoms with Crippen LogP contribution in [0.15, 0.2) is 237 Å². The highest BCUT2D eigenvalue weighted by molar-refractivity contribution is 7.26. The Labute approximate surface area is 380 Å². The number of rotatable bonds is 7. The average molecular weight is 850 g/mol. The predicted octanol–water partition coefficient (Wildman–Crippen LogP) is 17.6. The lowest BCUT2D eigenvalue weighted by Crippen LogP contribution is -2.28. The smallest absolute Gasteiger partial charge is 0.0713 e. The van der Waals surface area contributed by atoms with Crippen LogP contribution in [0.4, 0.5) is 17.1 Å². The first kappa shape index (κ1) is 37.0. The molecule has 0 unspecified atom stereocenters. The molecule has 0 bridgehead atoms. The summed E-state index contributed by atoms with van der Waals surface area (Å²) in [6.45, 7) is 0. The maximum atomic E-state index is 2.45. The summed E-state index contributed by atoms with van der Waals surface area (Å²) < 4.78 is 5.28. The molecule has 0 atom stereocenters. The van der Waals surface area contributed by atoms with Crippen molar-refractivity contribution >= 4 is 80.1 Å². The summed E-state index contributed by atoms with van der Waals surface area (Å²) >= 11 is 3.74. The second-order valence-electron chi connectivity index (χ2n) is 16.8. The molecular weight excluding hydrogens is 811 g/mol. The van der Waals surface area contributed by atoms with Crippen LogP contribution >= 0.6 is 22.7 Å². The molecule has 0 saturated carbocycles. The largest absolute Gasteiger partial charge is 0.310 e. The van der Waals surface area contributed by atoms with E-state index in [0.29, 0.717) is 0 Å². The van der Waals surface area contributed by atoms with Gasteiger partial charge < -0.3 is 4.90 Å². The monoisotopic (exact) mass is 849 g/mol. The number of anilines is 3. The van der Waals surface area contributed by atoms with Crippen molar-refractivity contribution in [3.8, 4) is 33.4 Å². The zero-order chi connectivity index (χ0) is 42.2. The zero-order valence-electron chi connectivity index (χ0n) is 34.8. The molecule has 0 fully saturated rings. The molecular formula is C61H39NS2. The van der Waals surface area contributed by atoms with E-state index in [4.69, 9.17) is 0 Å². The molecule has 3 heteroatoms. The van der Waals surface area contributed by atoms with E-state index in [1.807, 2.05) is 22.7 Å².